The smallest absolute Gasteiger partial charge is 0.191 e. The number of carbonyl (C=O) groups is 1. The summed E-state index contributed by atoms with van der Waals surface area (Å²) in [5.41, 5.74) is 0.806. The van der Waals surface area contributed by atoms with Gasteiger partial charge in [-0.25, -0.2) is 0 Å². The minimum absolute atomic E-state index is 0.138. The Kier molecular flexibility index (Phi) is 2.24. The summed E-state index contributed by atoms with van der Waals surface area (Å²) >= 11 is 4.96. The maximum absolute atomic E-state index is 10.3. The van der Waals surface area contributed by atoms with Gasteiger partial charge in [-0.3, -0.25) is 4.79 Å². The van der Waals surface area contributed by atoms with E-state index in [9.17, 15) is 4.79 Å². The molecule has 0 amide bonds. The van der Waals surface area contributed by atoms with Crippen molar-refractivity contribution in [2.75, 3.05) is 0 Å². The summed E-state index contributed by atoms with van der Waals surface area (Å²) in [6.45, 7) is 0. The molecule has 0 radical (unpaired) electrons. The summed E-state index contributed by atoms with van der Waals surface area (Å²) in [5, 5.41) is 1.70. The summed E-state index contributed by atoms with van der Waals surface area (Å²) in [6, 6.07) is 1.82. The van der Waals surface area contributed by atoms with Gasteiger partial charge in [0.15, 0.2) is 5.12 Å². The highest BCUT2D eigenvalue weighted by atomic mass is 32.1. The molecular weight excluding hydrogens is 154 g/mol. The van der Waals surface area contributed by atoms with Gasteiger partial charge >= 0.3 is 0 Å². The topological polar surface area (TPSA) is 30.0 Å². The molecule has 0 aliphatic carbocycles. The van der Waals surface area contributed by atoms with Crippen LogP contribution >= 0.6 is 24.2 Å². The van der Waals surface area contributed by atoms with E-state index in [1.165, 1.54) is 11.5 Å². The maximum atomic E-state index is 10.3. The minimum Gasteiger partial charge on any atom is -0.287 e. The van der Waals surface area contributed by atoms with Crippen molar-refractivity contribution in [1.29, 1.82) is 0 Å². The average molecular weight is 159 g/mol. The highest BCUT2D eigenvalue weighted by Crippen LogP contribution is 2.01. The lowest BCUT2D eigenvalue weighted by atomic mass is 10.3. The number of hydrogen-bond donors (Lipinski definition) is 1. The van der Waals surface area contributed by atoms with E-state index in [-0.39, 0.29) is 5.12 Å². The second-order valence-electron chi connectivity index (χ2n) is 1.56. The fraction of sp³-hybridized carbons (Fsp3) is 0.200. The highest BCUT2D eigenvalue weighted by molar-refractivity contribution is 7.96. The van der Waals surface area contributed by atoms with Crippen LogP contribution in [0.3, 0.4) is 0 Å². The zero-order valence-corrected chi connectivity index (χ0v) is 6.28. The van der Waals surface area contributed by atoms with Crippen molar-refractivity contribution in [2.45, 2.75) is 6.42 Å². The first-order chi connectivity index (χ1) is 4.29. The fourth-order valence-electron chi connectivity index (χ4n) is 0.484. The number of hydrogen-bond acceptors (Lipinski definition) is 3. The zero-order chi connectivity index (χ0) is 6.69. The van der Waals surface area contributed by atoms with E-state index in [2.05, 4.69) is 17.0 Å². The molecule has 0 fully saturated rings. The van der Waals surface area contributed by atoms with E-state index in [4.69, 9.17) is 0 Å². The van der Waals surface area contributed by atoms with Crippen LogP contribution in [0.5, 0.6) is 0 Å². The first-order valence-electron chi connectivity index (χ1n) is 2.40. The molecule has 0 atom stereocenters. The third-order valence-electron chi connectivity index (χ3n) is 0.824. The van der Waals surface area contributed by atoms with Gasteiger partial charge in [-0.15, -0.1) is 12.6 Å². The summed E-state index contributed by atoms with van der Waals surface area (Å²) in [4.78, 5) is 10.3. The summed E-state index contributed by atoms with van der Waals surface area (Å²) < 4.78 is 3.93. The van der Waals surface area contributed by atoms with Gasteiger partial charge in [0.05, 0.1) is 12.1 Å². The first-order valence-corrected chi connectivity index (χ1v) is 3.68. The summed E-state index contributed by atoms with van der Waals surface area (Å²) in [6.07, 6.45) is 0.340. The van der Waals surface area contributed by atoms with Gasteiger partial charge in [-0.2, -0.15) is 4.37 Å². The van der Waals surface area contributed by atoms with Crippen molar-refractivity contribution in [3.8, 4) is 0 Å². The van der Waals surface area contributed by atoms with E-state index >= 15 is 0 Å². The van der Waals surface area contributed by atoms with Crippen molar-refractivity contribution in [1.82, 2.24) is 4.37 Å². The number of thiol groups is 1. The van der Waals surface area contributed by atoms with E-state index in [1.807, 2.05) is 11.4 Å². The van der Waals surface area contributed by atoms with Crippen molar-refractivity contribution in [3.05, 3.63) is 17.1 Å². The molecule has 1 rings (SSSR count). The van der Waals surface area contributed by atoms with Crippen molar-refractivity contribution < 1.29 is 4.79 Å². The van der Waals surface area contributed by atoms with Gasteiger partial charge in [0.2, 0.25) is 0 Å². The molecule has 48 valence electrons. The third kappa shape index (κ3) is 2.15. The normalized spacial score (nSPS) is 9.44. The molecule has 0 aromatic carbocycles. The lowest BCUT2D eigenvalue weighted by molar-refractivity contribution is -0.110. The van der Waals surface area contributed by atoms with Gasteiger partial charge in [0, 0.05) is 5.38 Å². The molecule has 0 unspecified atom stereocenters. The minimum atomic E-state index is -0.138. The second kappa shape index (κ2) is 2.98. The van der Waals surface area contributed by atoms with Crippen molar-refractivity contribution >= 4 is 29.3 Å². The molecule has 0 saturated heterocycles. The van der Waals surface area contributed by atoms with Crippen LogP contribution in [0.25, 0.3) is 0 Å². The van der Waals surface area contributed by atoms with Crippen LogP contribution in [0.15, 0.2) is 11.4 Å². The Morgan fingerprint density at radius 3 is 3.11 bits per heavy atom. The molecular formula is C5H5NOS2. The number of nitrogens with zero attached hydrogens (tertiary/aromatic N) is 1. The maximum Gasteiger partial charge on any atom is 0.191 e. The Hall–Kier alpha value is -0.350. The first kappa shape index (κ1) is 6.77. The molecule has 0 bridgehead atoms. The monoisotopic (exact) mass is 159 g/mol. The van der Waals surface area contributed by atoms with Crippen LogP contribution in [0.2, 0.25) is 0 Å². The Labute approximate surface area is 62.5 Å². The van der Waals surface area contributed by atoms with Crippen LogP contribution in [0.1, 0.15) is 5.69 Å². The molecule has 0 N–H and O–H groups in total. The fourth-order valence-corrected chi connectivity index (χ4v) is 1.19. The Bertz CT molecular complexity index is 195. The SMILES string of the molecule is O=C(S)Cc1ccsn1. The molecule has 0 aliphatic rings. The molecule has 0 saturated carbocycles. The number of carbonyl (C=O) groups excluding carboxylic acids is 1. The lowest BCUT2D eigenvalue weighted by Gasteiger charge is -1.84. The molecule has 1 aromatic rings. The zero-order valence-electron chi connectivity index (χ0n) is 4.57. The quantitative estimate of drug-likeness (QED) is 0.656. The molecule has 9 heavy (non-hydrogen) atoms. The third-order valence-corrected chi connectivity index (χ3v) is 1.58. The van der Waals surface area contributed by atoms with Crippen LogP contribution in [-0.4, -0.2) is 9.49 Å². The molecule has 0 aliphatic heterocycles. The molecule has 2 nitrogen and oxygen atoms in total. The second-order valence-corrected chi connectivity index (χ2v) is 2.73. The highest BCUT2D eigenvalue weighted by Gasteiger charge is 1.97. The number of rotatable bonds is 2. The van der Waals surface area contributed by atoms with Gasteiger partial charge < -0.3 is 0 Å². The Balaban J connectivity index is 2.58. The lowest BCUT2D eigenvalue weighted by Crippen LogP contribution is -1.91. The Morgan fingerprint density at radius 2 is 2.67 bits per heavy atom. The van der Waals surface area contributed by atoms with E-state index in [1.54, 1.807) is 0 Å². The molecule has 4 heteroatoms. The van der Waals surface area contributed by atoms with Crippen LogP contribution in [-0.2, 0) is 11.2 Å². The Morgan fingerprint density at radius 1 is 1.89 bits per heavy atom. The summed E-state index contributed by atoms with van der Waals surface area (Å²) in [7, 11) is 0. The van der Waals surface area contributed by atoms with Gasteiger partial charge in [-0.1, -0.05) is 0 Å². The van der Waals surface area contributed by atoms with Gasteiger partial charge in [0.1, 0.15) is 0 Å². The average Bonchev–Trinajstić information content (AvgIpc) is 2.15. The van der Waals surface area contributed by atoms with Crippen LogP contribution in [0, 0.1) is 0 Å². The van der Waals surface area contributed by atoms with E-state index in [0.717, 1.165) is 5.69 Å². The summed E-state index contributed by atoms with van der Waals surface area (Å²) in [5.74, 6) is 0. The van der Waals surface area contributed by atoms with Gasteiger partial charge in [0.25, 0.3) is 0 Å². The predicted molar refractivity (Wildman–Crippen MR) is 39.8 cm³/mol. The molecule has 0 spiro atoms. The van der Waals surface area contributed by atoms with E-state index < -0.39 is 0 Å². The number of aromatic nitrogens is 1. The standard InChI is InChI=1S/C5H5NOS2/c7-5(8)3-4-1-2-9-6-4/h1-2H,3H2,(H,7,8). The van der Waals surface area contributed by atoms with E-state index in [0.29, 0.717) is 6.42 Å². The van der Waals surface area contributed by atoms with Crippen molar-refractivity contribution in [3.63, 3.8) is 0 Å². The molecule has 1 heterocycles. The largest absolute Gasteiger partial charge is 0.287 e. The van der Waals surface area contributed by atoms with Crippen LogP contribution < -0.4 is 0 Å². The van der Waals surface area contributed by atoms with Gasteiger partial charge in [-0.05, 0) is 17.6 Å². The molecule has 1 aromatic heterocycles. The van der Waals surface area contributed by atoms with Crippen molar-refractivity contribution in [2.24, 2.45) is 0 Å². The van der Waals surface area contributed by atoms with Crippen LogP contribution in [0.4, 0.5) is 0 Å². The predicted octanol–water partition coefficient (Wildman–Crippen LogP) is 1.14.